The molecule has 0 aromatic rings. The summed E-state index contributed by atoms with van der Waals surface area (Å²) >= 11 is 0. The van der Waals surface area contributed by atoms with Crippen LogP contribution in [-0.2, 0) is 4.74 Å². The summed E-state index contributed by atoms with van der Waals surface area (Å²) in [6.45, 7) is 3.89. The average Bonchev–Trinajstić information content (AvgIpc) is 2.26. The molecule has 4 heteroatoms. The molecular weight excluding hydrogens is 206 g/mol. The van der Waals surface area contributed by atoms with E-state index >= 15 is 0 Å². The summed E-state index contributed by atoms with van der Waals surface area (Å²) in [4.78, 5) is 2.44. The largest absolute Gasteiger partial charge is 0.396 e. The highest BCUT2D eigenvalue weighted by Crippen LogP contribution is 2.31. The molecule has 1 atom stereocenters. The third-order valence-electron chi connectivity index (χ3n) is 3.90. The lowest BCUT2D eigenvalue weighted by molar-refractivity contribution is -0.154. The highest BCUT2D eigenvalue weighted by atomic mass is 16.5. The van der Waals surface area contributed by atoms with Crippen molar-refractivity contribution in [3.63, 3.8) is 0 Å². The van der Waals surface area contributed by atoms with Crippen LogP contribution in [0.4, 0.5) is 0 Å². The number of nitrogens with zero attached hydrogens (tertiary/aromatic N) is 1. The van der Waals surface area contributed by atoms with Crippen molar-refractivity contribution >= 4 is 0 Å². The van der Waals surface area contributed by atoms with Crippen LogP contribution in [0.1, 0.15) is 25.7 Å². The van der Waals surface area contributed by atoms with Crippen LogP contribution in [0.3, 0.4) is 0 Å². The summed E-state index contributed by atoms with van der Waals surface area (Å²) in [5.41, 5.74) is -0.0228. The molecule has 2 aliphatic rings. The second kappa shape index (κ2) is 5.45. The molecule has 0 aromatic heterocycles. The standard InChI is InChI=1S/C12H23NO3/c14-6-4-11-3-1-2-5-13(11)7-12(8-15)9-16-10-12/h11,14-15H,1-10H2. The van der Waals surface area contributed by atoms with E-state index in [0.717, 1.165) is 19.5 Å². The number of ether oxygens (including phenoxy) is 1. The van der Waals surface area contributed by atoms with Crippen molar-refractivity contribution in [3.05, 3.63) is 0 Å². The number of hydrogen-bond acceptors (Lipinski definition) is 4. The molecule has 0 spiro atoms. The molecular formula is C12H23NO3. The Bertz CT molecular complexity index is 211. The lowest BCUT2D eigenvalue weighted by atomic mass is 9.84. The van der Waals surface area contributed by atoms with Gasteiger partial charge in [0.2, 0.25) is 0 Å². The normalized spacial score (nSPS) is 30.0. The van der Waals surface area contributed by atoms with E-state index in [1.165, 1.54) is 19.3 Å². The summed E-state index contributed by atoms with van der Waals surface area (Å²) in [5.74, 6) is 0. The zero-order chi connectivity index (χ0) is 11.4. The Morgan fingerprint density at radius 1 is 1.25 bits per heavy atom. The van der Waals surface area contributed by atoms with E-state index in [1.807, 2.05) is 0 Å². The van der Waals surface area contributed by atoms with Crippen LogP contribution >= 0.6 is 0 Å². The topological polar surface area (TPSA) is 52.9 Å². The predicted molar refractivity (Wildman–Crippen MR) is 61.3 cm³/mol. The zero-order valence-corrected chi connectivity index (χ0v) is 9.90. The molecule has 16 heavy (non-hydrogen) atoms. The molecule has 2 rings (SSSR count). The monoisotopic (exact) mass is 229 g/mol. The maximum absolute atomic E-state index is 9.43. The van der Waals surface area contributed by atoms with Crippen molar-refractivity contribution in [3.8, 4) is 0 Å². The summed E-state index contributed by atoms with van der Waals surface area (Å²) in [6.07, 6.45) is 4.55. The van der Waals surface area contributed by atoms with E-state index < -0.39 is 0 Å². The number of piperidine rings is 1. The Balaban J connectivity index is 1.89. The fourth-order valence-electron chi connectivity index (χ4n) is 2.80. The van der Waals surface area contributed by atoms with E-state index in [0.29, 0.717) is 19.3 Å². The van der Waals surface area contributed by atoms with Gasteiger partial charge in [-0.05, 0) is 25.8 Å². The van der Waals surface area contributed by atoms with E-state index in [4.69, 9.17) is 9.84 Å². The van der Waals surface area contributed by atoms with Gasteiger partial charge in [0.15, 0.2) is 0 Å². The minimum Gasteiger partial charge on any atom is -0.396 e. The molecule has 2 saturated heterocycles. The highest BCUT2D eigenvalue weighted by Gasteiger charge is 2.41. The molecule has 2 N–H and O–H groups in total. The van der Waals surface area contributed by atoms with Crippen molar-refractivity contribution in [1.29, 1.82) is 0 Å². The van der Waals surface area contributed by atoms with Gasteiger partial charge in [-0.15, -0.1) is 0 Å². The van der Waals surface area contributed by atoms with Gasteiger partial charge in [0.25, 0.3) is 0 Å². The molecule has 2 aliphatic heterocycles. The van der Waals surface area contributed by atoms with E-state index in [2.05, 4.69) is 4.90 Å². The molecule has 0 saturated carbocycles. The van der Waals surface area contributed by atoms with Crippen LogP contribution in [0.2, 0.25) is 0 Å². The van der Waals surface area contributed by atoms with Gasteiger partial charge in [0.1, 0.15) is 0 Å². The van der Waals surface area contributed by atoms with Gasteiger partial charge in [-0.3, -0.25) is 4.90 Å². The molecule has 0 bridgehead atoms. The van der Waals surface area contributed by atoms with Crippen molar-refractivity contribution < 1.29 is 14.9 Å². The second-order valence-corrected chi connectivity index (χ2v) is 5.28. The Kier molecular flexibility index (Phi) is 4.19. The summed E-state index contributed by atoms with van der Waals surface area (Å²) in [7, 11) is 0. The fraction of sp³-hybridized carbons (Fsp3) is 1.00. The summed E-state index contributed by atoms with van der Waals surface area (Å²) in [6, 6.07) is 0.503. The molecule has 0 amide bonds. The molecule has 1 unspecified atom stereocenters. The Hall–Kier alpha value is -0.160. The Morgan fingerprint density at radius 2 is 2.06 bits per heavy atom. The number of hydrogen-bond donors (Lipinski definition) is 2. The van der Waals surface area contributed by atoms with Gasteiger partial charge in [0, 0.05) is 19.2 Å². The Labute approximate surface area is 97.2 Å². The van der Waals surface area contributed by atoms with Gasteiger partial charge in [-0.2, -0.15) is 0 Å². The summed E-state index contributed by atoms with van der Waals surface area (Å²) < 4.78 is 5.23. The average molecular weight is 229 g/mol. The number of likely N-dealkylation sites (tertiary alicyclic amines) is 1. The van der Waals surface area contributed by atoms with E-state index in [1.54, 1.807) is 0 Å². The fourth-order valence-corrected chi connectivity index (χ4v) is 2.80. The van der Waals surface area contributed by atoms with Crippen LogP contribution in [0, 0.1) is 5.41 Å². The Morgan fingerprint density at radius 3 is 2.62 bits per heavy atom. The molecule has 2 fully saturated rings. The first-order valence-corrected chi connectivity index (χ1v) is 6.33. The maximum Gasteiger partial charge on any atom is 0.0579 e. The summed E-state index contributed by atoms with van der Waals surface area (Å²) in [5, 5.41) is 18.5. The first-order chi connectivity index (χ1) is 7.79. The van der Waals surface area contributed by atoms with Crippen molar-refractivity contribution in [2.24, 2.45) is 5.41 Å². The number of aliphatic hydroxyl groups excluding tert-OH is 2. The first kappa shape index (κ1) is 12.3. The van der Waals surface area contributed by atoms with Gasteiger partial charge in [-0.1, -0.05) is 6.42 Å². The molecule has 4 nitrogen and oxygen atoms in total. The molecule has 0 aliphatic carbocycles. The minimum atomic E-state index is -0.0228. The predicted octanol–water partition coefficient (Wildman–Crippen LogP) is 0.232. The minimum absolute atomic E-state index is 0.0228. The van der Waals surface area contributed by atoms with Crippen molar-refractivity contribution in [2.45, 2.75) is 31.7 Å². The van der Waals surface area contributed by atoms with Gasteiger partial charge in [-0.25, -0.2) is 0 Å². The quantitative estimate of drug-likeness (QED) is 0.709. The van der Waals surface area contributed by atoms with Crippen LogP contribution in [0.5, 0.6) is 0 Å². The highest BCUT2D eigenvalue weighted by molar-refractivity contribution is 4.91. The van der Waals surface area contributed by atoms with Gasteiger partial charge < -0.3 is 14.9 Å². The van der Waals surface area contributed by atoms with Crippen molar-refractivity contribution in [1.82, 2.24) is 4.90 Å². The molecule has 2 heterocycles. The van der Waals surface area contributed by atoms with Crippen LogP contribution < -0.4 is 0 Å². The number of aliphatic hydroxyl groups is 2. The third-order valence-corrected chi connectivity index (χ3v) is 3.90. The lowest BCUT2D eigenvalue weighted by Gasteiger charge is -2.46. The number of rotatable bonds is 5. The smallest absolute Gasteiger partial charge is 0.0579 e. The van der Waals surface area contributed by atoms with Crippen LogP contribution in [0.15, 0.2) is 0 Å². The first-order valence-electron chi connectivity index (χ1n) is 6.33. The van der Waals surface area contributed by atoms with Crippen LogP contribution in [-0.4, -0.2) is 60.7 Å². The van der Waals surface area contributed by atoms with Gasteiger partial charge >= 0.3 is 0 Å². The lowest BCUT2D eigenvalue weighted by Crippen LogP contribution is -2.56. The molecule has 94 valence electrons. The second-order valence-electron chi connectivity index (χ2n) is 5.28. The van der Waals surface area contributed by atoms with E-state index in [9.17, 15) is 5.11 Å². The zero-order valence-electron chi connectivity index (χ0n) is 9.90. The van der Waals surface area contributed by atoms with E-state index in [-0.39, 0.29) is 18.6 Å². The molecule has 0 aromatic carbocycles. The SMILES string of the molecule is OCCC1CCCCN1CC1(CO)COC1. The maximum atomic E-state index is 9.43. The third kappa shape index (κ3) is 2.56. The molecule has 0 radical (unpaired) electrons. The van der Waals surface area contributed by atoms with Gasteiger partial charge in [0.05, 0.1) is 25.2 Å². The van der Waals surface area contributed by atoms with Crippen molar-refractivity contribution in [2.75, 3.05) is 39.5 Å². The van der Waals surface area contributed by atoms with Crippen LogP contribution in [0.25, 0.3) is 0 Å².